The molecule has 0 saturated carbocycles. The Morgan fingerprint density at radius 1 is 0.857 bits per heavy atom. The Balaban J connectivity index is 1.82. The van der Waals surface area contributed by atoms with Crippen LogP contribution >= 0.6 is 0 Å². The number of aliphatic hydroxyl groups excluding tert-OH is 1. The molecule has 1 N–H and O–H groups in total. The molecule has 1 atom stereocenters. The van der Waals surface area contributed by atoms with Crippen LogP contribution in [0.3, 0.4) is 0 Å². The number of aryl methyl sites for hydroxylation is 1. The van der Waals surface area contributed by atoms with E-state index in [1.807, 2.05) is 49.4 Å². The minimum atomic E-state index is -0.713. The maximum Gasteiger partial charge on any atom is 0.161 e. The molecule has 0 aliphatic rings. The molecule has 112 valence electrons. The van der Waals surface area contributed by atoms with Crippen molar-refractivity contribution >= 4 is 0 Å². The van der Waals surface area contributed by atoms with Crippen LogP contribution < -0.4 is 14.2 Å². The molecule has 0 amide bonds. The molecule has 1 unspecified atom stereocenters. The van der Waals surface area contributed by atoms with Crippen LogP contribution in [-0.2, 0) is 0 Å². The minimum Gasteiger partial charge on any atom is -0.493 e. The molecule has 0 aliphatic heterocycles. The molecule has 0 radical (unpaired) electrons. The largest absolute Gasteiger partial charge is 0.493 e. The Hall–Kier alpha value is -2.20. The maximum atomic E-state index is 9.94. The van der Waals surface area contributed by atoms with Crippen molar-refractivity contribution in [3.05, 3.63) is 54.1 Å². The normalized spacial score (nSPS) is 11.8. The molecule has 0 fully saturated rings. The molecule has 2 aromatic rings. The zero-order valence-electron chi connectivity index (χ0n) is 12.3. The highest BCUT2D eigenvalue weighted by Crippen LogP contribution is 2.25. The molecule has 0 saturated heterocycles. The highest BCUT2D eigenvalue weighted by molar-refractivity contribution is 5.39. The van der Waals surface area contributed by atoms with Crippen molar-refractivity contribution in [3.8, 4) is 17.2 Å². The van der Waals surface area contributed by atoms with Gasteiger partial charge in [-0.3, -0.25) is 0 Å². The lowest BCUT2D eigenvalue weighted by Crippen LogP contribution is -2.25. The highest BCUT2D eigenvalue weighted by Gasteiger charge is 2.09. The second kappa shape index (κ2) is 7.55. The van der Waals surface area contributed by atoms with Crippen LogP contribution in [0.4, 0.5) is 0 Å². The topological polar surface area (TPSA) is 47.9 Å². The second-order valence-electron chi connectivity index (χ2n) is 4.69. The Morgan fingerprint density at radius 3 is 2.00 bits per heavy atom. The molecular formula is C17H20O4. The molecule has 2 aromatic carbocycles. The van der Waals surface area contributed by atoms with Crippen molar-refractivity contribution in [2.75, 3.05) is 20.3 Å². The zero-order valence-corrected chi connectivity index (χ0v) is 12.3. The van der Waals surface area contributed by atoms with Crippen LogP contribution in [0.5, 0.6) is 17.2 Å². The van der Waals surface area contributed by atoms with Crippen LogP contribution in [0.15, 0.2) is 48.5 Å². The summed E-state index contributed by atoms with van der Waals surface area (Å²) in [6.07, 6.45) is -0.713. The van der Waals surface area contributed by atoms with E-state index in [0.29, 0.717) is 11.5 Å². The number of rotatable bonds is 7. The molecule has 21 heavy (non-hydrogen) atoms. The Kier molecular flexibility index (Phi) is 5.46. The van der Waals surface area contributed by atoms with Gasteiger partial charge in [0.05, 0.1) is 7.11 Å². The Labute approximate surface area is 124 Å². The number of para-hydroxylation sites is 3. The molecule has 4 heteroatoms. The summed E-state index contributed by atoms with van der Waals surface area (Å²) in [6, 6.07) is 15.0. The van der Waals surface area contributed by atoms with Gasteiger partial charge in [0.25, 0.3) is 0 Å². The van der Waals surface area contributed by atoms with Crippen molar-refractivity contribution in [1.29, 1.82) is 0 Å². The van der Waals surface area contributed by atoms with Crippen LogP contribution in [0, 0.1) is 6.92 Å². The first-order valence-corrected chi connectivity index (χ1v) is 6.83. The number of aliphatic hydroxyl groups is 1. The van der Waals surface area contributed by atoms with Crippen LogP contribution in [0.1, 0.15) is 5.56 Å². The van der Waals surface area contributed by atoms with Gasteiger partial charge in [-0.25, -0.2) is 0 Å². The summed E-state index contributed by atoms with van der Waals surface area (Å²) in [6.45, 7) is 2.29. The van der Waals surface area contributed by atoms with Gasteiger partial charge in [0.2, 0.25) is 0 Å². The van der Waals surface area contributed by atoms with Crippen molar-refractivity contribution in [2.45, 2.75) is 13.0 Å². The average Bonchev–Trinajstić information content (AvgIpc) is 2.52. The van der Waals surface area contributed by atoms with Gasteiger partial charge in [-0.15, -0.1) is 0 Å². The SMILES string of the molecule is COc1ccccc1OCC(O)COc1ccccc1C. The standard InChI is InChI=1S/C17H20O4/c1-13-7-3-4-8-15(13)20-11-14(18)12-21-17-10-6-5-9-16(17)19-2/h3-10,14,18H,11-12H2,1-2H3. The fourth-order valence-electron chi connectivity index (χ4n) is 1.88. The molecule has 4 nitrogen and oxygen atoms in total. The lowest BCUT2D eigenvalue weighted by atomic mass is 10.2. The molecule has 0 bridgehead atoms. The van der Waals surface area contributed by atoms with E-state index < -0.39 is 6.10 Å². The van der Waals surface area contributed by atoms with Gasteiger partial charge in [0.15, 0.2) is 11.5 Å². The second-order valence-corrected chi connectivity index (χ2v) is 4.69. The van der Waals surface area contributed by atoms with E-state index in [2.05, 4.69) is 0 Å². The Morgan fingerprint density at radius 2 is 1.38 bits per heavy atom. The third-order valence-electron chi connectivity index (χ3n) is 3.03. The molecule has 0 heterocycles. The van der Waals surface area contributed by atoms with Gasteiger partial charge in [-0.1, -0.05) is 30.3 Å². The summed E-state index contributed by atoms with van der Waals surface area (Å²) in [4.78, 5) is 0. The number of benzene rings is 2. The molecule has 0 spiro atoms. The van der Waals surface area contributed by atoms with Crippen molar-refractivity contribution in [3.63, 3.8) is 0 Å². The summed E-state index contributed by atoms with van der Waals surface area (Å²) >= 11 is 0. The first-order chi connectivity index (χ1) is 10.2. The van der Waals surface area contributed by atoms with E-state index in [9.17, 15) is 5.11 Å². The third-order valence-corrected chi connectivity index (χ3v) is 3.03. The summed E-state index contributed by atoms with van der Waals surface area (Å²) in [5.74, 6) is 2.02. The molecule has 2 rings (SSSR count). The zero-order chi connectivity index (χ0) is 15.1. The summed E-state index contributed by atoms with van der Waals surface area (Å²) < 4.78 is 16.3. The van der Waals surface area contributed by atoms with Crippen LogP contribution in [0.2, 0.25) is 0 Å². The monoisotopic (exact) mass is 288 g/mol. The van der Waals surface area contributed by atoms with E-state index in [1.165, 1.54) is 0 Å². The van der Waals surface area contributed by atoms with Crippen molar-refractivity contribution in [1.82, 2.24) is 0 Å². The molecule has 0 aliphatic carbocycles. The lowest BCUT2D eigenvalue weighted by molar-refractivity contribution is 0.0614. The van der Waals surface area contributed by atoms with Gasteiger partial charge in [0.1, 0.15) is 25.1 Å². The predicted molar refractivity (Wildman–Crippen MR) is 81.2 cm³/mol. The minimum absolute atomic E-state index is 0.145. The van der Waals surface area contributed by atoms with Crippen LogP contribution in [0.25, 0.3) is 0 Å². The number of hydrogen-bond acceptors (Lipinski definition) is 4. The van der Waals surface area contributed by atoms with E-state index >= 15 is 0 Å². The first kappa shape index (κ1) is 15.2. The average molecular weight is 288 g/mol. The fraction of sp³-hybridized carbons (Fsp3) is 0.294. The van der Waals surface area contributed by atoms with E-state index in [-0.39, 0.29) is 13.2 Å². The smallest absolute Gasteiger partial charge is 0.161 e. The Bertz CT molecular complexity index is 568. The fourth-order valence-corrected chi connectivity index (χ4v) is 1.88. The van der Waals surface area contributed by atoms with Gasteiger partial charge >= 0.3 is 0 Å². The lowest BCUT2D eigenvalue weighted by Gasteiger charge is -2.15. The first-order valence-electron chi connectivity index (χ1n) is 6.83. The van der Waals surface area contributed by atoms with Gasteiger partial charge < -0.3 is 19.3 Å². The number of ether oxygens (including phenoxy) is 3. The third kappa shape index (κ3) is 4.39. The van der Waals surface area contributed by atoms with E-state index in [0.717, 1.165) is 11.3 Å². The van der Waals surface area contributed by atoms with Gasteiger partial charge in [-0.05, 0) is 30.7 Å². The quantitative estimate of drug-likeness (QED) is 0.851. The summed E-state index contributed by atoms with van der Waals surface area (Å²) in [7, 11) is 1.58. The highest BCUT2D eigenvalue weighted by atomic mass is 16.5. The van der Waals surface area contributed by atoms with E-state index in [4.69, 9.17) is 14.2 Å². The van der Waals surface area contributed by atoms with E-state index in [1.54, 1.807) is 13.2 Å². The number of methoxy groups -OCH3 is 1. The molecule has 0 aromatic heterocycles. The molecular weight excluding hydrogens is 268 g/mol. The van der Waals surface area contributed by atoms with Gasteiger partial charge in [-0.2, -0.15) is 0 Å². The van der Waals surface area contributed by atoms with Gasteiger partial charge in [0, 0.05) is 0 Å². The maximum absolute atomic E-state index is 9.94. The predicted octanol–water partition coefficient (Wildman–Crippen LogP) is 2.82. The summed E-state index contributed by atoms with van der Waals surface area (Å²) in [5, 5.41) is 9.94. The van der Waals surface area contributed by atoms with Crippen molar-refractivity contribution in [2.24, 2.45) is 0 Å². The van der Waals surface area contributed by atoms with Crippen LogP contribution in [-0.4, -0.2) is 31.5 Å². The number of hydrogen-bond donors (Lipinski definition) is 1. The summed E-state index contributed by atoms with van der Waals surface area (Å²) in [5.41, 5.74) is 1.04. The van der Waals surface area contributed by atoms with Crippen molar-refractivity contribution < 1.29 is 19.3 Å².